The molecule has 1 aliphatic heterocycles. The average Bonchev–Trinajstić information content (AvgIpc) is 3.18. The molecule has 0 N–H and O–H groups in total. The zero-order chi connectivity index (χ0) is 19.9. The van der Waals surface area contributed by atoms with Crippen molar-refractivity contribution in [3.05, 3.63) is 64.7 Å². The minimum atomic E-state index is -0.613. The molecule has 0 bridgehead atoms. The predicted molar refractivity (Wildman–Crippen MR) is 105 cm³/mol. The Morgan fingerprint density at radius 2 is 2.00 bits per heavy atom. The van der Waals surface area contributed by atoms with Gasteiger partial charge in [0.15, 0.2) is 18.1 Å². The molecule has 0 fully saturated rings. The van der Waals surface area contributed by atoms with Crippen LogP contribution in [0.2, 0.25) is 5.02 Å². The second kappa shape index (κ2) is 9.28. The number of hydrogen-bond donors (Lipinski definition) is 0. The molecule has 2 aromatic rings. The standard InChI is InChI=1S/C21H20ClNO5/c1-2-23(12-15-6-4-3-5-7-15)19(24)13-26-20(25)9-8-16-10-17(22)21-18(11-16)27-14-28-21/h3-11H,2,12-14H2,1H3/b9-8+. The summed E-state index contributed by atoms with van der Waals surface area (Å²) in [6.45, 7) is 2.68. The molecule has 0 radical (unpaired) electrons. The topological polar surface area (TPSA) is 65.1 Å². The highest BCUT2D eigenvalue weighted by Gasteiger charge is 2.18. The van der Waals surface area contributed by atoms with E-state index in [1.54, 1.807) is 23.1 Å². The molecule has 0 spiro atoms. The third kappa shape index (κ3) is 5.04. The lowest BCUT2D eigenvalue weighted by atomic mass is 10.2. The van der Waals surface area contributed by atoms with Gasteiger partial charge in [0.05, 0.1) is 5.02 Å². The van der Waals surface area contributed by atoms with Crippen molar-refractivity contribution in [2.75, 3.05) is 19.9 Å². The molecule has 7 heteroatoms. The number of carbonyl (C=O) groups excluding carboxylic acids is 2. The number of fused-ring (bicyclic) bond motifs is 1. The van der Waals surface area contributed by atoms with E-state index in [2.05, 4.69) is 0 Å². The van der Waals surface area contributed by atoms with Crippen molar-refractivity contribution in [3.63, 3.8) is 0 Å². The minimum absolute atomic E-state index is 0.114. The zero-order valence-corrected chi connectivity index (χ0v) is 16.1. The van der Waals surface area contributed by atoms with Gasteiger partial charge in [-0.15, -0.1) is 0 Å². The number of nitrogens with zero attached hydrogens (tertiary/aromatic N) is 1. The highest BCUT2D eigenvalue weighted by molar-refractivity contribution is 6.32. The van der Waals surface area contributed by atoms with Gasteiger partial charge >= 0.3 is 5.97 Å². The summed E-state index contributed by atoms with van der Waals surface area (Å²) < 4.78 is 15.6. The maximum absolute atomic E-state index is 12.3. The van der Waals surface area contributed by atoms with Crippen LogP contribution in [0, 0.1) is 0 Å². The van der Waals surface area contributed by atoms with E-state index in [9.17, 15) is 9.59 Å². The third-order valence-electron chi connectivity index (χ3n) is 4.15. The van der Waals surface area contributed by atoms with Crippen molar-refractivity contribution in [3.8, 4) is 11.5 Å². The van der Waals surface area contributed by atoms with E-state index in [0.717, 1.165) is 5.56 Å². The largest absolute Gasteiger partial charge is 0.454 e. The molecule has 146 valence electrons. The van der Waals surface area contributed by atoms with E-state index >= 15 is 0 Å². The molecule has 1 aliphatic rings. The molecule has 2 aromatic carbocycles. The first kappa shape index (κ1) is 19.8. The number of halogens is 1. The molecule has 3 rings (SSSR count). The monoisotopic (exact) mass is 401 g/mol. The summed E-state index contributed by atoms with van der Waals surface area (Å²) in [5.41, 5.74) is 1.68. The third-order valence-corrected chi connectivity index (χ3v) is 4.43. The Labute approximate surface area is 168 Å². The van der Waals surface area contributed by atoms with Gasteiger partial charge in [0, 0.05) is 19.2 Å². The second-order valence-corrected chi connectivity index (χ2v) is 6.48. The first-order chi connectivity index (χ1) is 13.6. The second-order valence-electron chi connectivity index (χ2n) is 6.07. The van der Waals surface area contributed by atoms with Crippen LogP contribution in [0.15, 0.2) is 48.5 Å². The van der Waals surface area contributed by atoms with E-state index < -0.39 is 5.97 Å². The van der Waals surface area contributed by atoms with Crippen molar-refractivity contribution >= 4 is 29.6 Å². The lowest BCUT2D eigenvalue weighted by Gasteiger charge is -2.20. The lowest BCUT2D eigenvalue weighted by Crippen LogP contribution is -2.33. The summed E-state index contributed by atoms with van der Waals surface area (Å²) in [5, 5.41) is 0.401. The Kier molecular flexibility index (Phi) is 6.55. The zero-order valence-electron chi connectivity index (χ0n) is 15.4. The number of benzene rings is 2. The summed E-state index contributed by atoms with van der Waals surface area (Å²) in [5.74, 6) is 0.150. The first-order valence-corrected chi connectivity index (χ1v) is 9.20. The number of ether oxygens (including phenoxy) is 3. The molecule has 28 heavy (non-hydrogen) atoms. The molecule has 6 nitrogen and oxygen atoms in total. The van der Waals surface area contributed by atoms with Crippen molar-refractivity contribution in [1.29, 1.82) is 0 Å². The Hall–Kier alpha value is -2.99. The van der Waals surface area contributed by atoms with Gasteiger partial charge < -0.3 is 19.1 Å². The van der Waals surface area contributed by atoms with Gasteiger partial charge in [-0.3, -0.25) is 4.79 Å². The number of rotatable bonds is 7. The molecule has 0 saturated heterocycles. The molecular formula is C21H20ClNO5. The fourth-order valence-electron chi connectivity index (χ4n) is 2.70. The molecule has 0 aromatic heterocycles. The molecule has 0 aliphatic carbocycles. The Bertz CT molecular complexity index is 882. The maximum Gasteiger partial charge on any atom is 0.331 e. The van der Waals surface area contributed by atoms with Crippen molar-refractivity contribution in [1.82, 2.24) is 4.90 Å². The van der Waals surface area contributed by atoms with Crippen LogP contribution in [0.25, 0.3) is 6.08 Å². The van der Waals surface area contributed by atoms with Crippen LogP contribution in [-0.2, 0) is 20.9 Å². The average molecular weight is 402 g/mol. The van der Waals surface area contributed by atoms with Gasteiger partial charge in [0.25, 0.3) is 5.91 Å². The van der Waals surface area contributed by atoms with Gasteiger partial charge in [0.1, 0.15) is 0 Å². The summed E-state index contributed by atoms with van der Waals surface area (Å²) in [6.07, 6.45) is 2.79. The van der Waals surface area contributed by atoms with Crippen molar-refractivity contribution in [2.45, 2.75) is 13.5 Å². The predicted octanol–water partition coefficient (Wildman–Crippen LogP) is 3.67. The molecule has 1 heterocycles. The van der Waals surface area contributed by atoms with Gasteiger partial charge in [-0.05, 0) is 36.3 Å². The van der Waals surface area contributed by atoms with Crippen molar-refractivity contribution < 1.29 is 23.8 Å². The van der Waals surface area contributed by atoms with Gasteiger partial charge in [-0.25, -0.2) is 4.79 Å². The van der Waals surface area contributed by atoms with Crippen LogP contribution in [0.4, 0.5) is 0 Å². The lowest BCUT2D eigenvalue weighted by molar-refractivity contribution is -0.148. The summed E-state index contributed by atoms with van der Waals surface area (Å²) >= 11 is 6.10. The van der Waals surface area contributed by atoms with E-state index in [-0.39, 0.29) is 19.3 Å². The minimum Gasteiger partial charge on any atom is -0.454 e. The van der Waals surface area contributed by atoms with E-state index in [1.807, 2.05) is 37.3 Å². The van der Waals surface area contributed by atoms with Crippen LogP contribution >= 0.6 is 11.6 Å². The fourth-order valence-corrected chi connectivity index (χ4v) is 2.97. The van der Waals surface area contributed by atoms with Crippen molar-refractivity contribution in [2.24, 2.45) is 0 Å². The quantitative estimate of drug-likeness (QED) is 0.523. The van der Waals surface area contributed by atoms with Crippen LogP contribution in [-0.4, -0.2) is 36.7 Å². The van der Waals surface area contributed by atoms with Gasteiger partial charge in [-0.2, -0.15) is 0 Å². The number of hydrogen-bond acceptors (Lipinski definition) is 5. The highest BCUT2D eigenvalue weighted by Crippen LogP contribution is 2.40. The van der Waals surface area contributed by atoms with Gasteiger partial charge in [-0.1, -0.05) is 41.9 Å². The van der Waals surface area contributed by atoms with Gasteiger partial charge in [0.2, 0.25) is 6.79 Å². The van der Waals surface area contributed by atoms with E-state index in [4.69, 9.17) is 25.8 Å². The number of amides is 1. The summed E-state index contributed by atoms with van der Waals surface area (Å²) in [7, 11) is 0. The number of carbonyl (C=O) groups is 2. The number of likely N-dealkylation sites (N-methyl/N-ethyl adjacent to an activating group) is 1. The van der Waals surface area contributed by atoms with Crippen LogP contribution in [0.1, 0.15) is 18.1 Å². The number of esters is 1. The Morgan fingerprint density at radius 1 is 1.21 bits per heavy atom. The fraction of sp³-hybridized carbons (Fsp3) is 0.238. The first-order valence-electron chi connectivity index (χ1n) is 8.82. The van der Waals surface area contributed by atoms with E-state index in [1.165, 1.54) is 6.08 Å². The highest BCUT2D eigenvalue weighted by atomic mass is 35.5. The summed E-state index contributed by atoms with van der Waals surface area (Å²) in [6, 6.07) is 13.0. The normalized spacial score (nSPS) is 12.2. The SMILES string of the molecule is CCN(Cc1ccccc1)C(=O)COC(=O)/C=C/c1cc(Cl)c2c(c1)OCO2. The summed E-state index contributed by atoms with van der Waals surface area (Å²) in [4.78, 5) is 25.9. The maximum atomic E-state index is 12.3. The van der Waals surface area contributed by atoms with Crippen LogP contribution in [0.3, 0.4) is 0 Å². The van der Waals surface area contributed by atoms with Crippen LogP contribution in [0.5, 0.6) is 11.5 Å². The molecular weight excluding hydrogens is 382 g/mol. The van der Waals surface area contributed by atoms with Crippen LogP contribution < -0.4 is 9.47 Å². The molecule has 0 atom stereocenters. The molecule has 0 saturated carbocycles. The molecule has 0 unspecified atom stereocenters. The Morgan fingerprint density at radius 3 is 2.75 bits per heavy atom. The van der Waals surface area contributed by atoms with E-state index in [0.29, 0.717) is 35.2 Å². The molecule has 1 amide bonds. The Balaban J connectivity index is 1.52. The smallest absolute Gasteiger partial charge is 0.331 e.